The zero-order valence-corrected chi connectivity index (χ0v) is 17.8. The molecule has 1 aromatic carbocycles. The highest BCUT2D eigenvalue weighted by atomic mass is 32.1. The van der Waals surface area contributed by atoms with Crippen LogP contribution in [0.1, 0.15) is 35.5 Å². The van der Waals surface area contributed by atoms with Gasteiger partial charge in [0.25, 0.3) is 0 Å². The summed E-state index contributed by atoms with van der Waals surface area (Å²) in [7, 11) is 1.40. The molecule has 0 amide bonds. The fraction of sp³-hybridized carbons (Fsp3) is 0.261. The van der Waals surface area contributed by atoms with E-state index in [1.54, 1.807) is 6.20 Å². The van der Waals surface area contributed by atoms with Crippen molar-refractivity contribution in [1.29, 1.82) is 0 Å². The van der Waals surface area contributed by atoms with Gasteiger partial charge in [-0.2, -0.15) is 0 Å². The Morgan fingerprint density at radius 1 is 1.20 bits per heavy atom. The molecule has 0 unspecified atom stereocenters. The number of thiocarbonyl (C=S) groups is 1. The highest BCUT2D eigenvalue weighted by Gasteiger charge is 2.41. The maximum atomic E-state index is 11.8. The summed E-state index contributed by atoms with van der Waals surface area (Å²) in [6.07, 6.45) is 4.10. The second-order valence-electron chi connectivity index (χ2n) is 7.29. The minimum Gasteiger partial charge on any atom is -0.469 e. The van der Waals surface area contributed by atoms with Crippen LogP contribution in [-0.4, -0.2) is 39.2 Å². The SMILES string of the molecule is COC(=O)CCN1C(=S)N[C@H](c2ccccn2)[C@@H]1c1cccn1-c1cccc(C)c1. The van der Waals surface area contributed by atoms with Crippen molar-refractivity contribution >= 4 is 23.3 Å². The highest BCUT2D eigenvalue weighted by Crippen LogP contribution is 2.39. The number of nitrogens with one attached hydrogen (secondary N) is 1. The van der Waals surface area contributed by atoms with Gasteiger partial charge in [-0.1, -0.05) is 18.2 Å². The lowest BCUT2D eigenvalue weighted by molar-refractivity contribution is -0.140. The second kappa shape index (κ2) is 8.67. The van der Waals surface area contributed by atoms with Crippen LogP contribution in [0.25, 0.3) is 5.69 Å². The van der Waals surface area contributed by atoms with E-state index in [4.69, 9.17) is 17.0 Å². The molecule has 1 saturated heterocycles. The molecule has 1 fully saturated rings. The summed E-state index contributed by atoms with van der Waals surface area (Å²) in [6, 6.07) is 18.1. The minimum atomic E-state index is -0.257. The molecule has 0 saturated carbocycles. The molecule has 2 atom stereocenters. The number of carbonyl (C=O) groups is 1. The number of benzene rings is 1. The first kappa shape index (κ1) is 20.1. The molecule has 1 aliphatic heterocycles. The van der Waals surface area contributed by atoms with E-state index in [9.17, 15) is 4.79 Å². The number of aryl methyl sites for hydroxylation is 1. The third-order valence-electron chi connectivity index (χ3n) is 5.35. The van der Waals surface area contributed by atoms with Crippen molar-refractivity contribution < 1.29 is 9.53 Å². The molecule has 30 heavy (non-hydrogen) atoms. The van der Waals surface area contributed by atoms with Crippen molar-refractivity contribution in [3.8, 4) is 5.69 Å². The first-order valence-electron chi connectivity index (χ1n) is 9.87. The van der Waals surface area contributed by atoms with Crippen LogP contribution in [0.5, 0.6) is 0 Å². The molecule has 1 N–H and O–H groups in total. The number of ether oxygens (including phenoxy) is 1. The van der Waals surface area contributed by atoms with Crippen molar-refractivity contribution in [2.75, 3.05) is 13.7 Å². The first-order valence-corrected chi connectivity index (χ1v) is 10.3. The molecule has 7 heteroatoms. The Labute approximate surface area is 181 Å². The molecular weight excluding hydrogens is 396 g/mol. The Morgan fingerprint density at radius 3 is 2.80 bits per heavy atom. The molecule has 3 aromatic rings. The van der Waals surface area contributed by atoms with Crippen LogP contribution < -0.4 is 5.32 Å². The van der Waals surface area contributed by atoms with Crippen LogP contribution in [-0.2, 0) is 9.53 Å². The Morgan fingerprint density at radius 2 is 2.07 bits per heavy atom. The highest BCUT2D eigenvalue weighted by molar-refractivity contribution is 7.80. The standard InChI is InChI=1S/C23H24N4O2S/c1-16-7-5-8-17(15-16)26-13-6-10-19(26)22-21(18-9-3-4-12-24-18)25-23(30)27(22)14-11-20(28)29-2/h3-10,12-13,15,21-22H,11,14H2,1-2H3,(H,25,30)/t21-,22+/m1/s1. The lowest BCUT2D eigenvalue weighted by Crippen LogP contribution is -2.32. The maximum absolute atomic E-state index is 11.8. The average molecular weight is 421 g/mol. The molecule has 2 aromatic heterocycles. The van der Waals surface area contributed by atoms with Crippen molar-refractivity contribution in [1.82, 2.24) is 19.8 Å². The number of hydrogen-bond donors (Lipinski definition) is 1. The summed E-state index contributed by atoms with van der Waals surface area (Å²) in [5.41, 5.74) is 4.26. The Hall–Kier alpha value is -3.19. The van der Waals surface area contributed by atoms with Gasteiger partial charge >= 0.3 is 5.97 Å². The van der Waals surface area contributed by atoms with Gasteiger partial charge in [-0.15, -0.1) is 0 Å². The van der Waals surface area contributed by atoms with Gasteiger partial charge in [0, 0.05) is 30.3 Å². The molecule has 1 aliphatic rings. The van der Waals surface area contributed by atoms with Gasteiger partial charge in [0.1, 0.15) is 0 Å². The normalized spacial score (nSPS) is 18.3. The maximum Gasteiger partial charge on any atom is 0.307 e. The monoisotopic (exact) mass is 420 g/mol. The fourth-order valence-corrected chi connectivity index (χ4v) is 4.26. The molecule has 0 bridgehead atoms. The molecule has 154 valence electrons. The number of methoxy groups -OCH3 is 1. The van der Waals surface area contributed by atoms with Crippen molar-refractivity contribution in [3.05, 3.63) is 83.9 Å². The number of hydrogen-bond acceptors (Lipinski definition) is 4. The van der Waals surface area contributed by atoms with E-state index in [-0.39, 0.29) is 24.5 Å². The van der Waals surface area contributed by atoms with Crippen LogP contribution in [0.2, 0.25) is 0 Å². The van der Waals surface area contributed by atoms with Gasteiger partial charge in [-0.25, -0.2) is 0 Å². The van der Waals surface area contributed by atoms with Crippen LogP contribution in [0, 0.1) is 6.92 Å². The fourth-order valence-electron chi connectivity index (χ4n) is 3.93. The van der Waals surface area contributed by atoms with Gasteiger partial charge in [0.05, 0.1) is 31.3 Å². The largest absolute Gasteiger partial charge is 0.469 e. The van der Waals surface area contributed by atoms with Gasteiger partial charge in [0.2, 0.25) is 0 Å². The zero-order chi connectivity index (χ0) is 21.1. The van der Waals surface area contributed by atoms with Crippen molar-refractivity contribution in [3.63, 3.8) is 0 Å². The predicted octanol–water partition coefficient (Wildman–Crippen LogP) is 3.72. The Bertz CT molecular complexity index is 1050. The zero-order valence-electron chi connectivity index (χ0n) is 17.0. The number of carbonyl (C=O) groups excluding carboxylic acids is 1. The summed E-state index contributed by atoms with van der Waals surface area (Å²) in [5, 5.41) is 4.03. The molecular formula is C23H24N4O2S. The number of esters is 1. The molecule has 0 radical (unpaired) electrons. The summed E-state index contributed by atoms with van der Waals surface area (Å²) in [6.45, 7) is 2.55. The van der Waals surface area contributed by atoms with E-state index in [2.05, 4.69) is 63.2 Å². The summed E-state index contributed by atoms with van der Waals surface area (Å²) < 4.78 is 7.02. The van der Waals surface area contributed by atoms with Crippen LogP contribution in [0.4, 0.5) is 0 Å². The van der Waals surface area contributed by atoms with Gasteiger partial charge < -0.3 is 19.5 Å². The molecule has 0 aliphatic carbocycles. The van der Waals surface area contributed by atoms with E-state index in [1.807, 2.05) is 24.3 Å². The van der Waals surface area contributed by atoms with Crippen LogP contribution in [0.3, 0.4) is 0 Å². The smallest absolute Gasteiger partial charge is 0.307 e. The number of pyridine rings is 1. The van der Waals surface area contributed by atoms with E-state index < -0.39 is 0 Å². The summed E-state index contributed by atoms with van der Waals surface area (Å²) >= 11 is 5.66. The first-order chi connectivity index (χ1) is 14.6. The minimum absolute atomic E-state index is 0.118. The number of nitrogens with zero attached hydrogens (tertiary/aromatic N) is 3. The molecule has 6 nitrogen and oxygen atoms in total. The lowest BCUT2D eigenvalue weighted by atomic mass is 10.0. The van der Waals surface area contributed by atoms with E-state index in [1.165, 1.54) is 12.7 Å². The summed E-state index contributed by atoms with van der Waals surface area (Å²) in [5.74, 6) is -0.257. The third kappa shape index (κ3) is 3.93. The Balaban J connectivity index is 1.76. The average Bonchev–Trinajstić information content (AvgIpc) is 3.36. The van der Waals surface area contributed by atoms with E-state index in [0.29, 0.717) is 11.7 Å². The van der Waals surface area contributed by atoms with Crippen LogP contribution in [0.15, 0.2) is 67.0 Å². The van der Waals surface area contributed by atoms with E-state index >= 15 is 0 Å². The topological polar surface area (TPSA) is 59.4 Å². The lowest BCUT2D eigenvalue weighted by Gasteiger charge is -2.28. The predicted molar refractivity (Wildman–Crippen MR) is 119 cm³/mol. The third-order valence-corrected chi connectivity index (χ3v) is 5.70. The Kier molecular flexibility index (Phi) is 5.81. The quantitative estimate of drug-likeness (QED) is 0.485. The van der Waals surface area contributed by atoms with Gasteiger partial charge in [0.15, 0.2) is 5.11 Å². The molecule has 0 spiro atoms. The van der Waals surface area contributed by atoms with Gasteiger partial charge in [-0.3, -0.25) is 9.78 Å². The second-order valence-corrected chi connectivity index (χ2v) is 7.67. The molecule has 4 rings (SSSR count). The number of rotatable bonds is 6. The van der Waals surface area contributed by atoms with E-state index in [0.717, 1.165) is 17.1 Å². The summed E-state index contributed by atoms with van der Waals surface area (Å²) in [4.78, 5) is 18.4. The van der Waals surface area contributed by atoms with Crippen molar-refractivity contribution in [2.24, 2.45) is 0 Å². The van der Waals surface area contributed by atoms with Gasteiger partial charge in [-0.05, 0) is 61.1 Å². The molecule has 3 heterocycles. The number of aromatic nitrogens is 2. The van der Waals surface area contributed by atoms with Crippen molar-refractivity contribution in [2.45, 2.75) is 25.4 Å². The van der Waals surface area contributed by atoms with Crippen LogP contribution >= 0.6 is 12.2 Å².